The van der Waals surface area contributed by atoms with Crippen molar-refractivity contribution in [3.8, 4) is 0 Å². The largest absolute Gasteiger partial charge is 0.468 e. The quantitative estimate of drug-likeness (QED) is 0.727. The van der Waals surface area contributed by atoms with Crippen molar-refractivity contribution >= 4 is 5.97 Å². The molecule has 5 heteroatoms. The van der Waals surface area contributed by atoms with Crippen LogP contribution in [0.15, 0.2) is 0 Å². The molecular weight excluding hydrogens is 254 g/mol. The van der Waals surface area contributed by atoms with Crippen molar-refractivity contribution in [2.24, 2.45) is 0 Å². The van der Waals surface area contributed by atoms with Crippen molar-refractivity contribution in [2.45, 2.75) is 51.2 Å². The zero-order chi connectivity index (χ0) is 14.8. The average molecular weight is 283 g/mol. The molecule has 1 aliphatic carbocycles. The number of piperazine rings is 1. The number of hydrogen-bond acceptors (Lipinski definition) is 5. The molecule has 1 heterocycles. The van der Waals surface area contributed by atoms with E-state index in [2.05, 4.69) is 29.0 Å². The van der Waals surface area contributed by atoms with Crippen molar-refractivity contribution < 1.29 is 9.53 Å². The molecule has 2 rings (SSSR count). The summed E-state index contributed by atoms with van der Waals surface area (Å²) in [6.07, 6.45) is 2.35. The highest BCUT2D eigenvalue weighted by Crippen LogP contribution is 2.24. The van der Waals surface area contributed by atoms with Crippen molar-refractivity contribution in [3.63, 3.8) is 0 Å². The van der Waals surface area contributed by atoms with E-state index in [0.717, 1.165) is 32.7 Å². The minimum absolute atomic E-state index is 0.144. The lowest BCUT2D eigenvalue weighted by atomic mass is 10.00. The second-order valence-electron chi connectivity index (χ2n) is 6.46. The number of nitrogens with one attached hydrogen (secondary N) is 1. The SMILES string of the molecule is CCN1CCN(CC(C)(NC2CC2)C(=O)OC)CC1C. The van der Waals surface area contributed by atoms with E-state index in [1.54, 1.807) is 0 Å². The minimum Gasteiger partial charge on any atom is -0.468 e. The van der Waals surface area contributed by atoms with E-state index in [9.17, 15) is 4.79 Å². The third kappa shape index (κ3) is 3.71. The first kappa shape index (κ1) is 15.7. The van der Waals surface area contributed by atoms with E-state index < -0.39 is 5.54 Å². The number of carbonyl (C=O) groups excluding carboxylic acids is 1. The Morgan fingerprint density at radius 3 is 2.60 bits per heavy atom. The van der Waals surface area contributed by atoms with Crippen LogP contribution in [0.4, 0.5) is 0 Å². The van der Waals surface area contributed by atoms with Crippen LogP contribution >= 0.6 is 0 Å². The number of rotatable bonds is 6. The number of methoxy groups -OCH3 is 1. The van der Waals surface area contributed by atoms with Gasteiger partial charge in [0.05, 0.1) is 7.11 Å². The summed E-state index contributed by atoms with van der Waals surface area (Å²) < 4.78 is 5.02. The number of hydrogen-bond donors (Lipinski definition) is 1. The van der Waals surface area contributed by atoms with Gasteiger partial charge in [0.15, 0.2) is 0 Å². The molecule has 116 valence electrons. The fourth-order valence-corrected chi connectivity index (χ4v) is 3.20. The Hall–Kier alpha value is -0.650. The van der Waals surface area contributed by atoms with Gasteiger partial charge in [-0.1, -0.05) is 6.92 Å². The average Bonchev–Trinajstić information content (AvgIpc) is 3.21. The normalized spacial score (nSPS) is 28.1. The van der Waals surface area contributed by atoms with Crippen LogP contribution < -0.4 is 5.32 Å². The Kier molecular flexibility index (Phi) is 5.04. The fraction of sp³-hybridized carbons (Fsp3) is 0.933. The van der Waals surface area contributed by atoms with Gasteiger partial charge in [0, 0.05) is 38.3 Å². The molecule has 0 aromatic rings. The smallest absolute Gasteiger partial charge is 0.327 e. The Balaban J connectivity index is 1.95. The number of ether oxygens (including phenoxy) is 1. The highest BCUT2D eigenvalue weighted by molar-refractivity contribution is 5.80. The summed E-state index contributed by atoms with van der Waals surface area (Å²) >= 11 is 0. The van der Waals surface area contributed by atoms with Gasteiger partial charge < -0.3 is 4.74 Å². The molecule has 0 aromatic heterocycles. The Morgan fingerprint density at radius 1 is 1.40 bits per heavy atom. The van der Waals surface area contributed by atoms with E-state index in [1.807, 2.05) is 6.92 Å². The second kappa shape index (κ2) is 6.41. The Bertz CT molecular complexity index is 346. The lowest BCUT2D eigenvalue weighted by Gasteiger charge is -2.42. The molecule has 1 N–H and O–H groups in total. The zero-order valence-corrected chi connectivity index (χ0v) is 13.3. The van der Waals surface area contributed by atoms with Crippen LogP contribution in [0, 0.1) is 0 Å². The van der Waals surface area contributed by atoms with Crippen molar-refractivity contribution in [3.05, 3.63) is 0 Å². The Morgan fingerprint density at radius 2 is 2.10 bits per heavy atom. The molecule has 5 nitrogen and oxygen atoms in total. The van der Waals surface area contributed by atoms with Crippen LogP contribution in [0.1, 0.15) is 33.6 Å². The molecule has 1 aliphatic heterocycles. The molecule has 1 saturated heterocycles. The summed E-state index contributed by atoms with van der Waals surface area (Å²) in [4.78, 5) is 17.0. The monoisotopic (exact) mass is 283 g/mol. The lowest BCUT2D eigenvalue weighted by molar-refractivity contribution is -0.149. The zero-order valence-electron chi connectivity index (χ0n) is 13.3. The maximum Gasteiger partial charge on any atom is 0.327 e. The number of likely N-dealkylation sites (N-methyl/N-ethyl adjacent to an activating group) is 1. The maximum atomic E-state index is 12.2. The van der Waals surface area contributed by atoms with Gasteiger partial charge in [-0.25, -0.2) is 0 Å². The van der Waals surface area contributed by atoms with E-state index >= 15 is 0 Å². The van der Waals surface area contributed by atoms with Gasteiger partial charge in [0.25, 0.3) is 0 Å². The van der Waals surface area contributed by atoms with E-state index in [4.69, 9.17) is 4.74 Å². The van der Waals surface area contributed by atoms with Gasteiger partial charge in [-0.05, 0) is 33.2 Å². The molecule has 2 aliphatic rings. The van der Waals surface area contributed by atoms with Gasteiger partial charge >= 0.3 is 5.97 Å². The van der Waals surface area contributed by atoms with E-state index in [0.29, 0.717) is 12.1 Å². The van der Waals surface area contributed by atoms with E-state index in [-0.39, 0.29) is 5.97 Å². The summed E-state index contributed by atoms with van der Waals surface area (Å²) in [5, 5.41) is 3.48. The molecule has 0 aromatic carbocycles. The molecule has 2 atom stereocenters. The predicted octanol–water partition coefficient (Wildman–Crippen LogP) is 0.696. The minimum atomic E-state index is -0.579. The van der Waals surface area contributed by atoms with Crippen LogP contribution in [0.5, 0.6) is 0 Å². The second-order valence-corrected chi connectivity index (χ2v) is 6.46. The molecule has 2 fully saturated rings. The number of esters is 1. The van der Waals surface area contributed by atoms with Crippen molar-refractivity contribution in [1.29, 1.82) is 0 Å². The summed E-state index contributed by atoms with van der Waals surface area (Å²) in [7, 11) is 1.48. The molecule has 1 saturated carbocycles. The third-order valence-corrected chi connectivity index (χ3v) is 4.53. The van der Waals surface area contributed by atoms with Gasteiger partial charge in [0.1, 0.15) is 5.54 Å². The summed E-state index contributed by atoms with van der Waals surface area (Å²) in [5.41, 5.74) is -0.579. The van der Waals surface area contributed by atoms with Gasteiger partial charge in [-0.15, -0.1) is 0 Å². The predicted molar refractivity (Wildman–Crippen MR) is 79.7 cm³/mol. The molecule has 2 unspecified atom stereocenters. The van der Waals surface area contributed by atoms with Crippen LogP contribution in [0.2, 0.25) is 0 Å². The third-order valence-electron chi connectivity index (χ3n) is 4.53. The summed E-state index contributed by atoms with van der Waals surface area (Å²) in [6, 6.07) is 1.05. The number of nitrogens with zero attached hydrogens (tertiary/aromatic N) is 2. The van der Waals surface area contributed by atoms with Crippen LogP contribution in [-0.4, -0.2) is 73.2 Å². The molecule has 0 spiro atoms. The molecular formula is C15H29N3O2. The standard InChI is InChI=1S/C15H29N3O2/c1-5-18-9-8-17(10-12(18)2)11-15(3,14(19)20-4)16-13-6-7-13/h12-13,16H,5-11H2,1-4H3. The summed E-state index contributed by atoms with van der Waals surface area (Å²) in [5.74, 6) is -0.144. The highest BCUT2D eigenvalue weighted by Gasteiger charge is 2.41. The lowest BCUT2D eigenvalue weighted by Crippen LogP contribution is -2.61. The Labute approximate surface area is 122 Å². The molecule has 0 radical (unpaired) electrons. The van der Waals surface area contributed by atoms with Gasteiger partial charge in [-0.2, -0.15) is 0 Å². The fourth-order valence-electron chi connectivity index (χ4n) is 3.20. The van der Waals surface area contributed by atoms with Crippen LogP contribution in [-0.2, 0) is 9.53 Å². The summed E-state index contributed by atoms with van der Waals surface area (Å²) in [6.45, 7) is 11.4. The molecule has 0 amide bonds. The van der Waals surface area contributed by atoms with Crippen LogP contribution in [0.25, 0.3) is 0 Å². The first-order valence-corrected chi connectivity index (χ1v) is 7.81. The molecule has 0 bridgehead atoms. The van der Waals surface area contributed by atoms with Crippen molar-refractivity contribution in [1.82, 2.24) is 15.1 Å². The first-order valence-electron chi connectivity index (χ1n) is 7.81. The van der Waals surface area contributed by atoms with E-state index in [1.165, 1.54) is 20.0 Å². The van der Waals surface area contributed by atoms with Crippen LogP contribution in [0.3, 0.4) is 0 Å². The van der Waals surface area contributed by atoms with Gasteiger partial charge in [0.2, 0.25) is 0 Å². The first-order chi connectivity index (χ1) is 9.48. The molecule has 20 heavy (non-hydrogen) atoms. The topological polar surface area (TPSA) is 44.8 Å². The van der Waals surface area contributed by atoms with Gasteiger partial charge in [-0.3, -0.25) is 19.9 Å². The maximum absolute atomic E-state index is 12.2. The van der Waals surface area contributed by atoms with Crippen molar-refractivity contribution in [2.75, 3.05) is 39.8 Å². The number of carbonyl (C=O) groups is 1. The highest BCUT2D eigenvalue weighted by atomic mass is 16.5.